The molecule has 6 nitrogen and oxygen atoms in total. The number of anilines is 1. The highest BCUT2D eigenvalue weighted by atomic mass is 32.1. The molecule has 1 amide bonds. The zero-order chi connectivity index (χ0) is 22.2. The third-order valence-electron chi connectivity index (χ3n) is 5.23. The second-order valence-corrected chi connectivity index (χ2v) is 8.75. The Balaban J connectivity index is 1.59. The van der Waals surface area contributed by atoms with E-state index < -0.39 is 0 Å². The Labute approximate surface area is 188 Å². The van der Waals surface area contributed by atoms with Crippen molar-refractivity contribution in [1.29, 1.82) is 0 Å². The number of hydrogen-bond acceptors (Lipinski definition) is 5. The maximum absolute atomic E-state index is 13.4. The smallest absolute Gasteiger partial charge is 0.276 e. The molecule has 0 aliphatic heterocycles. The van der Waals surface area contributed by atoms with Gasteiger partial charge in [0, 0.05) is 10.9 Å². The first-order valence-electron chi connectivity index (χ1n) is 10.3. The average molecular weight is 441 g/mol. The van der Waals surface area contributed by atoms with E-state index in [-0.39, 0.29) is 23.2 Å². The Morgan fingerprint density at radius 3 is 2.41 bits per heavy atom. The summed E-state index contributed by atoms with van der Waals surface area (Å²) in [6, 6.07) is 22.4. The molecule has 1 N–H and O–H groups in total. The molecule has 0 fully saturated rings. The molecule has 5 rings (SSSR count). The van der Waals surface area contributed by atoms with Gasteiger partial charge in [0.25, 0.3) is 11.5 Å². The van der Waals surface area contributed by atoms with Crippen LogP contribution in [0, 0.1) is 0 Å². The van der Waals surface area contributed by atoms with E-state index in [4.69, 9.17) is 4.98 Å². The molecule has 7 heteroatoms. The molecule has 0 aliphatic carbocycles. The third kappa shape index (κ3) is 3.46. The summed E-state index contributed by atoms with van der Waals surface area (Å²) in [5.74, 6) is -0.371. The Bertz CT molecular complexity index is 1500. The monoisotopic (exact) mass is 440 g/mol. The van der Waals surface area contributed by atoms with E-state index in [0.29, 0.717) is 16.5 Å². The fourth-order valence-corrected chi connectivity index (χ4v) is 4.68. The van der Waals surface area contributed by atoms with Crippen molar-refractivity contribution in [2.75, 3.05) is 5.32 Å². The van der Waals surface area contributed by atoms with Crippen LogP contribution in [0.3, 0.4) is 0 Å². The zero-order valence-electron chi connectivity index (χ0n) is 17.6. The van der Waals surface area contributed by atoms with Gasteiger partial charge in [-0.05, 0) is 44.2 Å². The van der Waals surface area contributed by atoms with Gasteiger partial charge in [-0.15, -0.1) is 11.3 Å². The minimum absolute atomic E-state index is 0.173. The number of thiazole rings is 1. The molecule has 3 aromatic carbocycles. The second-order valence-electron chi connectivity index (χ2n) is 7.72. The molecule has 0 atom stereocenters. The summed E-state index contributed by atoms with van der Waals surface area (Å²) < 4.78 is 2.44. The maximum Gasteiger partial charge on any atom is 0.276 e. The van der Waals surface area contributed by atoms with Crippen LogP contribution in [0.15, 0.2) is 77.6 Å². The van der Waals surface area contributed by atoms with Gasteiger partial charge in [0.2, 0.25) is 0 Å². The van der Waals surface area contributed by atoms with Gasteiger partial charge in [0.15, 0.2) is 5.69 Å². The van der Waals surface area contributed by atoms with Crippen LogP contribution in [-0.2, 0) is 0 Å². The molecule has 32 heavy (non-hydrogen) atoms. The van der Waals surface area contributed by atoms with E-state index in [1.54, 1.807) is 35.6 Å². The van der Waals surface area contributed by atoms with Gasteiger partial charge in [0.1, 0.15) is 5.01 Å². The van der Waals surface area contributed by atoms with Crippen molar-refractivity contribution in [1.82, 2.24) is 14.8 Å². The first-order valence-corrected chi connectivity index (χ1v) is 11.1. The lowest BCUT2D eigenvalue weighted by Crippen LogP contribution is -2.29. The maximum atomic E-state index is 13.4. The minimum atomic E-state index is -0.371. The summed E-state index contributed by atoms with van der Waals surface area (Å²) in [4.78, 5) is 30.9. The number of aromatic nitrogens is 3. The SMILES string of the molecule is CC(C)n1nc(C(=O)Nc2ccccc2-c2nc3ccccc3s2)c2ccccc2c1=O. The van der Waals surface area contributed by atoms with Gasteiger partial charge < -0.3 is 5.32 Å². The van der Waals surface area contributed by atoms with E-state index in [1.807, 2.05) is 62.4 Å². The van der Waals surface area contributed by atoms with Crippen LogP contribution >= 0.6 is 11.3 Å². The van der Waals surface area contributed by atoms with E-state index in [1.165, 1.54) is 4.68 Å². The molecule has 5 aromatic rings. The molecule has 0 bridgehead atoms. The quantitative estimate of drug-likeness (QED) is 0.400. The fraction of sp³-hybridized carbons (Fsp3) is 0.120. The van der Waals surface area contributed by atoms with Gasteiger partial charge in [-0.2, -0.15) is 5.10 Å². The van der Waals surface area contributed by atoms with Crippen LogP contribution in [-0.4, -0.2) is 20.7 Å². The first kappa shape index (κ1) is 20.1. The molecule has 0 saturated heterocycles. The largest absolute Gasteiger partial charge is 0.320 e. The van der Waals surface area contributed by atoms with E-state index in [2.05, 4.69) is 10.4 Å². The number of nitrogens with zero attached hydrogens (tertiary/aromatic N) is 3. The summed E-state index contributed by atoms with van der Waals surface area (Å²) in [5.41, 5.74) is 2.41. The van der Waals surface area contributed by atoms with Crippen molar-refractivity contribution >= 4 is 43.9 Å². The van der Waals surface area contributed by atoms with Crippen molar-refractivity contribution in [2.45, 2.75) is 19.9 Å². The summed E-state index contributed by atoms with van der Waals surface area (Å²) in [7, 11) is 0. The highest BCUT2D eigenvalue weighted by molar-refractivity contribution is 7.21. The molecular formula is C25H20N4O2S. The molecule has 0 unspecified atom stereocenters. The van der Waals surface area contributed by atoms with Crippen molar-refractivity contribution < 1.29 is 4.79 Å². The molecule has 0 spiro atoms. The van der Waals surface area contributed by atoms with Crippen LogP contribution in [0.1, 0.15) is 30.4 Å². The van der Waals surface area contributed by atoms with E-state index >= 15 is 0 Å². The fourth-order valence-electron chi connectivity index (χ4n) is 3.67. The van der Waals surface area contributed by atoms with Crippen LogP contribution in [0.4, 0.5) is 5.69 Å². The lowest BCUT2D eigenvalue weighted by atomic mass is 10.1. The normalized spacial score (nSPS) is 11.3. The van der Waals surface area contributed by atoms with Gasteiger partial charge >= 0.3 is 0 Å². The lowest BCUT2D eigenvalue weighted by Gasteiger charge is -2.14. The summed E-state index contributed by atoms with van der Waals surface area (Å²) in [6.45, 7) is 3.74. The third-order valence-corrected chi connectivity index (χ3v) is 6.30. The standard InChI is InChI=1S/C25H20N4O2S/c1-15(2)29-25(31)17-10-4-3-9-16(17)22(28-29)23(30)26-19-12-6-5-11-18(19)24-27-20-13-7-8-14-21(20)32-24/h3-15H,1-2H3,(H,26,30). The molecule has 2 heterocycles. The summed E-state index contributed by atoms with van der Waals surface area (Å²) in [6.07, 6.45) is 0. The number of benzene rings is 3. The number of para-hydroxylation sites is 2. The van der Waals surface area contributed by atoms with Crippen molar-refractivity contribution in [3.05, 3.63) is 88.8 Å². The second kappa shape index (κ2) is 8.01. The average Bonchev–Trinajstić information content (AvgIpc) is 3.23. The molecule has 158 valence electrons. The minimum Gasteiger partial charge on any atom is -0.320 e. The molecular weight excluding hydrogens is 420 g/mol. The number of rotatable bonds is 4. The number of nitrogens with one attached hydrogen (secondary N) is 1. The molecule has 0 saturated carbocycles. The van der Waals surface area contributed by atoms with Crippen LogP contribution < -0.4 is 10.9 Å². The lowest BCUT2D eigenvalue weighted by molar-refractivity contribution is 0.102. The van der Waals surface area contributed by atoms with Gasteiger partial charge in [-0.25, -0.2) is 9.67 Å². The predicted molar refractivity (Wildman–Crippen MR) is 129 cm³/mol. The summed E-state index contributed by atoms with van der Waals surface area (Å²) in [5, 5.41) is 9.24. The Kier molecular flexibility index (Phi) is 5.03. The predicted octanol–water partition coefficient (Wildman–Crippen LogP) is 5.51. The number of fused-ring (bicyclic) bond motifs is 2. The van der Waals surface area contributed by atoms with Crippen LogP contribution in [0.2, 0.25) is 0 Å². The van der Waals surface area contributed by atoms with Gasteiger partial charge in [-0.1, -0.05) is 42.5 Å². The highest BCUT2D eigenvalue weighted by Crippen LogP contribution is 2.34. The van der Waals surface area contributed by atoms with Crippen molar-refractivity contribution in [3.8, 4) is 10.6 Å². The van der Waals surface area contributed by atoms with Crippen LogP contribution in [0.25, 0.3) is 31.6 Å². The molecule has 0 radical (unpaired) electrons. The summed E-state index contributed by atoms with van der Waals surface area (Å²) >= 11 is 1.57. The van der Waals surface area contributed by atoms with Crippen molar-refractivity contribution in [2.24, 2.45) is 0 Å². The van der Waals surface area contributed by atoms with E-state index in [9.17, 15) is 9.59 Å². The molecule has 2 aromatic heterocycles. The van der Waals surface area contributed by atoms with Gasteiger partial charge in [0.05, 0.1) is 27.3 Å². The Hall–Kier alpha value is -3.84. The number of carbonyl (C=O) groups excluding carboxylic acids is 1. The van der Waals surface area contributed by atoms with Crippen molar-refractivity contribution in [3.63, 3.8) is 0 Å². The van der Waals surface area contributed by atoms with Gasteiger partial charge in [-0.3, -0.25) is 9.59 Å². The number of amides is 1. The topological polar surface area (TPSA) is 76.9 Å². The molecule has 0 aliphatic rings. The van der Waals surface area contributed by atoms with E-state index in [0.717, 1.165) is 20.8 Å². The zero-order valence-corrected chi connectivity index (χ0v) is 18.4. The number of hydrogen-bond donors (Lipinski definition) is 1. The Morgan fingerprint density at radius 1 is 0.938 bits per heavy atom. The highest BCUT2D eigenvalue weighted by Gasteiger charge is 2.19. The first-order chi connectivity index (χ1) is 15.5. The Morgan fingerprint density at radius 2 is 1.62 bits per heavy atom. The number of carbonyl (C=O) groups is 1. The van der Waals surface area contributed by atoms with Crippen LogP contribution in [0.5, 0.6) is 0 Å².